The van der Waals surface area contributed by atoms with Gasteiger partial charge in [0, 0.05) is 28.6 Å². The van der Waals surface area contributed by atoms with E-state index in [9.17, 15) is 5.11 Å². The summed E-state index contributed by atoms with van der Waals surface area (Å²) in [7, 11) is 0. The summed E-state index contributed by atoms with van der Waals surface area (Å²) in [5, 5.41) is 26.8. The third-order valence-corrected chi connectivity index (χ3v) is 6.33. The molecule has 6 rings (SSSR count). The Labute approximate surface area is 258 Å². The Bertz CT molecular complexity index is 1870. The molecule has 220 valence electrons. The lowest BCUT2D eigenvalue weighted by atomic mass is 9.99. The van der Waals surface area contributed by atoms with Gasteiger partial charge < -0.3 is 21.3 Å². The Morgan fingerprint density at radius 2 is 1.12 bits per heavy atom. The fraction of sp³-hybridized carbons (Fsp3) is 0.188. The molecule has 5 N–H and O–H groups in total. The molecule has 0 aliphatic carbocycles. The Morgan fingerprint density at radius 1 is 0.651 bits per heavy atom. The van der Waals surface area contributed by atoms with Crippen LogP contribution in [0.1, 0.15) is 25.0 Å². The van der Waals surface area contributed by atoms with Crippen molar-refractivity contribution in [1.82, 2.24) is 30.4 Å². The van der Waals surface area contributed by atoms with E-state index in [-0.39, 0.29) is 17.6 Å². The van der Waals surface area contributed by atoms with Crippen LogP contribution in [0.4, 0.5) is 11.9 Å². The minimum Gasteiger partial charge on any atom is -0.507 e. The van der Waals surface area contributed by atoms with Gasteiger partial charge in [0.25, 0.3) is 0 Å². The molecule has 0 saturated carbocycles. The lowest BCUT2D eigenvalue weighted by Gasteiger charge is -2.13. The van der Waals surface area contributed by atoms with E-state index < -0.39 is 0 Å². The number of halogens is 1. The normalized spacial score (nSPS) is 10.4. The van der Waals surface area contributed by atoms with Crippen LogP contribution in [0.25, 0.3) is 44.3 Å². The molecule has 0 saturated heterocycles. The predicted octanol–water partition coefficient (Wildman–Crippen LogP) is 6.67. The number of nitrogens with two attached hydrogens (primary N) is 2. The quantitative estimate of drug-likeness (QED) is 0.178. The van der Waals surface area contributed by atoms with E-state index in [1.807, 2.05) is 69.3 Å². The van der Waals surface area contributed by atoms with Gasteiger partial charge in [0.1, 0.15) is 22.5 Å². The number of ether oxygens (including phenoxy) is 1. The first-order chi connectivity index (χ1) is 20.7. The van der Waals surface area contributed by atoms with E-state index in [0.29, 0.717) is 34.2 Å². The van der Waals surface area contributed by atoms with Crippen LogP contribution in [0.3, 0.4) is 0 Å². The molecule has 0 amide bonds. The molecule has 10 nitrogen and oxygen atoms in total. The number of fused-ring (bicyclic) bond motifs is 2. The largest absolute Gasteiger partial charge is 0.507 e. The van der Waals surface area contributed by atoms with Gasteiger partial charge in [-0.05, 0) is 55.2 Å². The Balaban J connectivity index is 0.000000181. The van der Waals surface area contributed by atoms with Crippen LogP contribution in [0, 0.1) is 13.8 Å². The Morgan fingerprint density at radius 3 is 1.63 bits per heavy atom. The molecule has 0 fully saturated rings. The van der Waals surface area contributed by atoms with Gasteiger partial charge in [-0.3, -0.25) is 0 Å². The number of hydrogen-bond acceptors (Lipinski definition) is 10. The Hall–Kier alpha value is -4.90. The zero-order valence-corrected chi connectivity index (χ0v) is 26.0. The minimum absolute atomic E-state index is 0.0931. The van der Waals surface area contributed by atoms with Crippen LogP contribution in [0.5, 0.6) is 11.5 Å². The van der Waals surface area contributed by atoms with Gasteiger partial charge in [-0.25, -0.2) is 9.97 Å². The molecule has 0 radical (unpaired) electrons. The molecule has 2 aromatic heterocycles. The smallest absolute Gasteiger partial charge is 0.240 e. The number of aromatic hydroxyl groups is 1. The van der Waals surface area contributed by atoms with E-state index in [0.717, 1.165) is 33.3 Å². The van der Waals surface area contributed by atoms with Crippen molar-refractivity contribution in [3.63, 3.8) is 0 Å². The van der Waals surface area contributed by atoms with E-state index >= 15 is 0 Å². The molecule has 0 unspecified atom stereocenters. The molecule has 2 heterocycles. The van der Waals surface area contributed by atoms with Crippen LogP contribution >= 0.6 is 15.9 Å². The van der Waals surface area contributed by atoms with Gasteiger partial charge in [0.2, 0.25) is 11.9 Å². The number of anilines is 2. The van der Waals surface area contributed by atoms with Crippen molar-refractivity contribution < 1.29 is 9.84 Å². The second-order valence-corrected chi connectivity index (χ2v) is 10.5. The van der Waals surface area contributed by atoms with E-state index in [4.69, 9.17) is 16.2 Å². The number of benzene rings is 4. The standard InChI is InChI=1S/C16H16N4O.C14H12N4O.C2H5Br/c1-3-21-15-9-13-14(19-20-16(17)18-13)8-12(15)11-7-5-4-6-10(11)2;1-8-4-2-3-5-9(8)10-6-12-11(7-13(10)19)16-14(15)18-17-12;1-2-3/h4-9H,3H2,1-2H3,(H2,17,18,20);2-7,19H,1H3,(H2,15,16,18);2H2,1H3. The van der Waals surface area contributed by atoms with Crippen molar-refractivity contribution in [2.45, 2.75) is 27.7 Å². The molecule has 0 aliphatic rings. The highest BCUT2D eigenvalue weighted by Gasteiger charge is 2.13. The van der Waals surface area contributed by atoms with Crippen LogP contribution in [-0.2, 0) is 0 Å². The number of alkyl halides is 1. The molecule has 6 aromatic rings. The molecule has 11 heteroatoms. The van der Waals surface area contributed by atoms with Crippen LogP contribution in [0.2, 0.25) is 0 Å². The SMILES string of the molecule is CCBr.CCOc1cc2nc(N)nnc2cc1-c1ccccc1C.Cc1ccccc1-c1cc2nnc(N)nc2cc1O. The number of nitrogens with zero attached hydrogens (tertiary/aromatic N) is 6. The zero-order chi connectivity index (χ0) is 30.9. The Kier molecular flexibility index (Phi) is 10.3. The van der Waals surface area contributed by atoms with Gasteiger partial charge in [0.05, 0.1) is 17.6 Å². The maximum absolute atomic E-state index is 10.1. The first-order valence-electron chi connectivity index (χ1n) is 13.6. The van der Waals surface area contributed by atoms with Crippen LogP contribution in [-0.4, -0.2) is 47.4 Å². The van der Waals surface area contributed by atoms with Crippen molar-refractivity contribution in [3.8, 4) is 33.8 Å². The highest BCUT2D eigenvalue weighted by atomic mass is 79.9. The van der Waals surface area contributed by atoms with Gasteiger partial charge in [-0.1, -0.05) is 71.4 Å². The van der Waals surface area contributed by atoms with Crippen molar-refractivity contribution in [2.24, 2.45) is 0 Å². The second kappa shape index (κ2) is 14.3. The average molecular weight is 642 g/mol. The number of aromatic nitrogens is 6. The van der Waals surface area contributed by atoms with Crippen molar-refractivity contribution in [2.75, 3.05) is 23.4 Å². The topological polar surface area (TPSA) is 159 Å². The van der Waals surface area contributed by atoms with Crippen molar-refractivity contribution in [1.29, 1.82) is 0 Å². The highest BCUT2D eigenvalue weighted by molar-refractivity contribution is 9.09. The number of nitrogen functional groups attached to an aromatic ring is 2. The van der Waals surface area contributed by atoms with E-state index in [1.165, 1.54) is 5.56 Å². The first kappa shape index (κ1) is 31.0. The third kappa shape index (κ3) is 7.49. The number of phenolic OH excluding ortho intramolecular Hbond substituents is 1. The molecule has 0 atom stereocenters. The zero-order valence-electron chi connectivity index (χ0n) is 24.4. The molecule has 0 aliphatic heterocycles. The van der Waals surface area contributed by atoms with E-state index in [2.05, 4.69) is 65.3 Å². The summed E-state index contributed by atoms with van der Waals surface area (Å²) in [4.78, 5) is 8.24. The summed E-state index contributed by atoms with van der Waals surface area (Å²) in [6, 6.07) is 23.1. The number of hydrogen-bond donors (Lipinski definition) is 3. The average Bonchev–Trinajstić information content (AvgIpc) is 2.98. The summed E-state index contributed by atoms with van der Waals surface area (Å²) in [5.41, 5.74) is 19.6. The molecular formula is C32H33BrN8O2. The number of phenols is 1. The summed E-state index contributed by atoms with van der Waals surface area (Å²) >= 11 is 3.15. The monoisotopic (exact) mass is 640 g/mol. The van der Waals surface area contributed by atoms with E-state index in [1.54, 1.807) is 12.1 Å². The third-order valence-electron chi connectivity index (χ3n) is 6.33. The van der Waals surface area contributed by atoms with Gasteiger partial charge >= 0.3 is 0 Å². The number of aryl methyl sites for hydroxylation is 2. The summed E-state index contributed by atoms with van der Waals surface area (Å²) in [6.07, 6.45) is 0. The molecule has 43 heavy (non-hydrogen) atoms. The maximum atomic E-state index is 10.1. The second-order valence-electron chi connectivity index (χ2n) is 9.37. The summed E-state index contributed by atoms with van der Waals surface area (Å²) in [6.45, 7) is 8.64. The summed E-state index contributed by atoms with van der Waals surface area (Å²) < 4.78 is 5.77. The van der Waals surface area contributed by atoms with Crippen molar-refractivity contribution in [3.05, 3.63) is 83.9 Å². The van der Waals surface area contributed by atoms with Crippen LogP contribution in [0.15, 0.2) is 72.8 Å². The van der Waals surface area contributed by atoms with Gasteiger partial charge in [0.15, 0.2) is 0 Å². The molecule has 0 spiro atoms. The van der Waals surface area contributed by atoms with Crippen molar-refractivity contribution >= 4 is 49.9 Å². The van der Waals surface area contributed by atoms with Gasteiger partial charge in [-0.15, -0.1) is 20.4 Å². The van der Waals surface area contributed by atoms with Crippen LogP contribution < -0.4 is 16.2 Å². The summed E-state index contributed by atoms with van der Waals surface area (Å²) in [5.74, 6) is 1.19. The first-order valence-corrected chi connectivity index (χ1v) is 14.7. The fourth-order valence-corrected chi connectivity index (χ4v) is 4.42. The minimum atomic E-state index is 0.0931. The molecule has 0 bridgehead atoms. The van der Waals surface area contributed by atoms with Gasteiger partial charge in [-0.2, -0.15) is 0 Å². The number of rotatable bonds is 4. The highest BCUT2D eigenvalue weighted by Crippen LogP contribution is 2.35. The maximum Gasteiger partial charge on any atom is 0.240 e. The lowest BCUT2D eigenvalue weighted by Crippen LogP contribution is -2.00. The molecular weight excluding hydrogens is 608 g/mol. The fourth-order valence-electron chi connectivity index (χ4n) is 4.42. The molecule has 4 aromatic carbocycles. The predicted molar refractivity (Wildman–Crippen MR) is 176 cm³/mol. The lowest BCUT2D eigenvalue weighted by molar-refractivity contribution is 0.342.